The SMILES string of the molecule is Cc1cc(CC(=O)O)nc(C(F)F)c1I. The Morgan fingerprint density at radius 3 is 2.73 bits per heavy atom. The van der Waals surface area contributed by atoms with Gasteiger partial charge in [-0.1, -0.05) is 0 Å². The second-order valence-electron chi connectivity index (χ2n) is 3.00. The van der Waals surface area contributed by atoms with E-state index in [9.17, 15) is 13.6 Å². The van der Waals surface area contributed by atoms with E-state index in [0.29, 0.717) is 9.13 Å². The number of pyridine rings is 1. The lowest BCUT2D eigenvalue weighted by molar-refractivity contribution is -0.136. The van der Waals surface area contributed by atoms with Gasteiger partial charge in [-0.3, -0.25) is 9.78 Å². The summed E-state index contributed by atoms with van der Waals surface area (Å²) in [6.45, 7) is 1.65. The average Bonchev–Trinajstić information content (AvgIpc) is 2.09. The first kappa shape index (κ1) is 12.3. The number of hydrogen-bond acceptors (Lipinski definition) is 2. The first-order valence-electron chi connectivity index (χ1n) is 4.07. The maximum Gasteiger partial charge on any atom is 0.309 e. The molecule has 3 nitrogen and oxygen atoms in total. The number of carboxylic acids is 1. The van der Waals surface area contributed by atoms with Crippen molar-refractivity contribution in [1.29, 1.82) is 0 Å². The van der Waals surface area contributed by atoms with Gasteiger partial charge >= 0.3 is 5.97 Å². The number of alkyl halides is 2. The fraction of sp³-hybridized carbons (Fsp3) is 0.333. The monoisotopic (exact) mass is 327 g/mol. The van der Waals surface area contributed by atoms with E-state index in [-0.39, 0.29) is 17.8 Å². The third kappa shape index (κ3) is 3.08. The van der Waals surface area contributed by atoms with Crippen LogP contribution in [0.15, 0.2) is 6.07 Å². The fourth-order valence-corrected chi connectivity index (χ4v) is 1.65. The summed E-state index contributed by atoms with van der Waals surface area (Å²) in [5.74, 6) is -1.08. The zero-order valence-electron chi connectivity index (χ0n) is 7.80. The van der Waals surface area contributed by atoms with Crippen LogP contribution in [0, 0.1) is 10.5 Å². The standard InChI is InChI=1S/C9H8F2INO2/c1-4-2-5(3-6(14)15)13-8(7(4)12)9(10)11/h2,9H,3H2,1H3,(H,14,15). The van der Waals surface area contributed by atoms with Gasteiger partial charge in [0.05, 0.1) is 12.1 Å². The number of carbonyl (C=O) groups is 1. The average molecular weight is 327 g/mol. The van der Waals surface area contributed by atoms with Gasteiger partial charge < -0.3 is 5.11 Å². The van der Waals surface area contributed by atoms with Gasteiger partial charge in [-0.15, -0.1) is 0 Å². The summed E-state index contributed by atoms with van der Waals surface area (Å²) in [6, 6.07) is 1.52. The van der Waals surface area contributed by atoms with Crippen LogP contribution in [0.1, 0.15) is 23.4 Å². The van der Waals surface area contributed by atoms with E-state index in [0.717, 1.165) is 0 Å². The molecule has 0 atom stereocenters. The van der Waals surface area contributed by atoms with E-state index < -0.39 is 12.4 Å². The minimum atomic E-state index is -2.68. The highest BCUT2D eigenvalue weighted by molar-refractivity contribution is 14.1. The Morgan fingerprint density at radius 2 is 2.27 bits per heavy atom. The Kier molecular flexibility index (Phi) is 3.95. The molecule has 1 rings (SSSR count). The van der Waals surface area contributed by atoms with Crippen LogP contribution < -0.4 is 0 Å². The van der Waals surface area contributed by atoms with Gasteiger partial charge in [0.2, 0.25) is 0 Å². The van der Waals surface area contributed by atoms with E-state index in [1.807, 2.05) is 0 Å². The minimum Gasteiger partial charge on any atom is -0.481 e. The van der Waals surface area contributed by atoms with Gasteiger partial charge in [0.1, 0.15) is 5.69 Å². The molecule has 0 bridgehead atoms. The molecule has 0 fully saturated rings. The van der Waals surface area contributed by atoms with Crippen LogP contribution in [0.3, 0.4) is 0 Å². The predicted octanol–water partition coefficient (Wildman–Crippen LogP) is 2.56. The molecule has 1 heterocycles. The highest BCUT2D eigenvalue weighted by atomic mass is 127. The molecule has 1 aromatic rings. The number of aliphatic carboxylic acids is 1. The molecule has 6 heteroatoms. The molecule has 82 valence electrons. The van der Waals surface area contributed by atoms with Gasteiger partial charge in [0.25, 0.3) is 6.43 Å². The predicted molar refractivity (Wildman–Crippen MR) is 58.0 cm³/mol. The van der Waals surface area contributed by atoms with Crippen LogP contribution in [-0.4, -0.2) is 16.1 Å². The van der Waals surface area contributed by atoms with Gasteiger partial charge in [-0.25, -0.2) is 8.78 Å². The highest BCUT2D eigenvalue weighted by Gasteiger charge is 2.17. The highest BCUT2D eigenvalue weighted by Crippen LogP contribution is 2.25. The lowest BCUT2D eigenvalue weighted by Gasteiger charge is -2.07. The maximum absolute atomic E-state index is 12.5. The first-order chi connectivity index (χ1) is 6.91. The Bertz CT molecular complexity index is 396. The van der Waals surface area contributed by atoms with Crippen LogP contribution >= 0.6 is 22.6 Å². The van der Waals surface area contributed by atoms with Gasteiger partial charge in [-0.05, 0) is 41.1 Å². The van der Waals surface area contributed by atoms with Crippen molar-refractivity contribution in [2.24, 2.45) is 0 Å². The number of hydrogen-bond donors (Lipinski definition) is 1. The van der Waals surface area contributed by atoms with E-state index in [1.165, 1.54) is 6.07 Å². The largest absolute Gasteiger partial charge is 0.481 e. The fourth-order valence-electron chi connectivity index (χ4n) is 1.14. The second kappa shape index (κ2) is 4.82. The Balaban J connectivity index is 3.17. The summed E-state index contributed by atoms with van der Waals surface area (Å²) in [6.07, 6.45) is -3.01. The minimum absolute atomic E-state index is 0.163. The smallest absolute Gasteiger partial charge is 0.309 e. The lowest BCUT2D eigenvalue weighted by atomic mass is 10.2. The third-order valence-corrected chi connectivity index (χ3v) is 3.16. The summed E-state index contributed by atoms with van der Waals surface area (Å²) >= 11 is 1.78. The molecule has 0 spiro atoms. The third-order valence-electron chi connectivity index (χ3n) is 1.76. The van der Waals surface area contributed by atoms with Crippen LogP contribution in [0.5, 0.6) is 0 Å². The molecule has 0 radical (unpaired) electrons. The van der Waals surface area contributed by atoms with Crippen LogP contribution in [0.4, 0.5) is 8.78 Å². The normalized spacial score (nSPS) is 10.7. The number of aromatic nitrogens is 1. The van der Waals surface area contributed by atoms with Crippen molar-refractivity contribution in [2.45, 2.75) is 19.8 Å². The first-order valence-corrected chi connectivity index (χ1v) is 5.15. The molecule has 0 saturated carbocycles. The second-order valence-corrected chi connectivity index (χ2v) is 4.08. The number of halogens is 3. The number of nitrogens with zero attached hydrogens (tertiary/aromatic N) is 1. The molecule has 0 aromatic carbocycles. The molecule has 1 N–H and O–H groups in total. The number of aryl methyl sites for hydroxylation is 1. The number of carboxylic acid groups (broad SMARTS) is 1. The van der Waals surface area contributed by atoms with Gasteiger partial charge in [-0.2, -0.15) is 0 Å². The topological polar surface area (TPSA) is 50.2 Å². The molecule has 0 unspecified atom stereocenters. The van der Waals surface area contributed by atoms with Crippen LogP contribution in [0.2, 0.25) is 0 Å². The van der Waals surface area contributed by atoms with E-state index in [1.54, 1.807) is 29.5 Å². The van der Waals surface area contributed by atoms with Crippen molar-refractivity contribution in [3.8, 4) is 0 Å². The van der Waals surface area contributed by atoms with Crippen molar-refractivity contribution in [3.05, 3.63) is 26.6 Å². The van der Waals surface area contributed by atoms with Gasteiger partial charge in [0.15, 0.2) is 0 Å². The zero-order valence-corrected chi connectivity index (χ0v) is 9.96. The molecule has 0 aliphatic heterocycles. The summed E-state index contributed by atoms with van der Waals surface area (Å²) in [5.41, 5.74) is 0.444. The summed E-state index contributed by atoms with van der Waals surface area (Å²) in [7, 11) is 0. The summed E-state index contributed by atoms with van der Waals surface area (Å²) < 4.78 is 25.4. The Hall–Kier alpha value is -0.790. The quantitative estimate of drug-likeness (QED) is 0.868. The summed E-state index contributed by atoms with van der Waals surface area (Å²) in [4.78, 5) is 14.1. The van der Waals surface area contributed by atoms with Crippen molar-refractivity contribution >= 4 is 28.6 Å². The van der Waals surface area contributed by atoms with Crippen LogP contribution in [-0.2, 0) is 11.2 Å². The van der Waals surface area contributed by atoms with Crippen molar-refractivity contribution in [1.82, 2.24) is 4.98 Å². The van der Waals surface area contributed by atoms with E-state index in [4.69, 9.17) is 5.11 Å². The van der Waals surface area contributed by atoms with Gasteiger partial charge in [0, 0.05) is 3.57 Å². The molecule has 0 saturated heterocycles. The molecular weight excluding hydrogens is 319 g/mol. The van der Waals surface area contributed by atoms with E-state index >= 15 is 0 Å². The summed E-state index contributed by atoms with van der Waals surface area (Å²) in [5, 5.41) is 8.53. The lowest BCUT2D eigenvalue weighted by Crippen LogP contribution is -2.07. The Labute approximate surface area is 98.7 Å². The van der Waals surface area contributed by atoms with E-state index in [2.05, 4.69) is 4.98 Å². The molecule has 15 heavy (non-hydrogen) atoms. The molecule has 0 aliphatic rings. The van der Waals surface area contributed by atoms with Crippen molar-refractivity contribution < 1.29 is 18.7 Å². The molecule has 1 aromatic heterocycles. The molecule has 0 amide bonds. The van der Waals surface area contributed by atoms with Crippen LogP contribution in [0.25, 0.3) is 0 Å². The number of rotatable bonds is 3. The van der Waals surface area contributed by atoms with Crippen molar-refractivity contribution in [3.63, 3.8) is 0 Å². The molecule has 0 aliphatic carbocycles. The Morgan fingerprint density at radius 1 is 1.67 bits per heavy atom. The maximum atomic E-state index is 12.5. The van der Waals surface area contributed by atoms with Crippen molar-refractivity contribution in [2.75, 3.05) is 0 Å². The zero-order chi connectivity index (χ0) is 11.6. The molecular formula is C9H8F2INO2.